The van der Waals surface area contributed by atoms with Crippen LogP contribution in [0.15, 0.2) is 56.3 Å². The van der Waals surface area contributed by atoms with Crippen LogP contribution in [0.3, 0.4) is 0 Å². The van der Waals surface area contributed by atoms with Crippen molar-refractivity contribution in [2.75, 3.05) is 0 Å². The van der Waals surface area contributed by atoms with Crippen LogP contribution >= 0.6 is 0 Å². The van der Waals surface area contributed by atoms with Crippen molar-refractivity contribution in [3.8, 4) is 0 Å². The second kappa shape index (κ2) is 7.17. The van der Waals surface area contributed by atoms with Gasteiger partial charge in [0.1, 0.15) is 18.0 Å². The van der Waals surface area contributed by atoms with E-state index in [1.54, 1.807) is 12.3 Å². The maximum atomic E-state index is 11.9. The molecular weight excluding hydrogens is 308 g/mol. The Hall–Kier alpha value is -2.82. The van der Waals surface area contributed by atoms with Crippen molar-refractivity contribution in [2.24, 2.45) is 0 Å². The van der Waals surface area contributed by atoms with E-state index in [9.17, 15) is 9.59 Å². The van der Waals surface area contributed by atoms with Crippen molar-refractivity contribution < 1.29 is 18.4 Å². The molecule has 2 aromatic heterocycles. The number of ether oxygens (including phenoxy) is 1. The highest BCUT2D eigenvalue weighted by atomic mass is 16.5. The number of hydrogen-bond acceptors (Lipinski definition) is 5. The number of benzene rings is 1. The van der Waals surface area contributed by atoms with Gasteiger partial charge in [0.25, 0.3) is 0 Å². The van der Waals surface area contributed by atoms with Gasteiger partial charge in [-0.25, -0.2) is 4.79 Å². The van der Waals surface area contributed by atoms with Crippen molar-refractivity contribution >= 4 is 16.9 Å². The summed E-state index contributed by atoms with van der Waals surface area (Å²) in [7, 11) is 0. The zero-order valence-corrected chi connectivity index (χ0v) is 13.4. The van der Waals surface area contributed by atoms with Crippen LogP contribution in [0.2, 0.25) is 0 Å². The monoisotopic (exact) mass is 326 g/mol. The molecule has 0 aliphatic heterocycles. The van der Waals surface area contributed by atoms with Gasteiger partial charge in [0, 0.05) is 23.4 Å². The molecule has 5 nitrogen and oxygen atoms in total. The molecular formula is C19H18O5. The molecule has 5 heteroatoms. The number of fused-ring (bicyclic) bond motifs is 1. The van der Waals surface area contributed by atoms with Crippen LogP contribution in [-0.2, 0) is 29.0 Å². The van der Waals surface area contributed by atoms with Gasteiger partial charge >= 0.3 is 11.6 Å². The molecule has 24 heavy (non-hydrogen) atoms. The predicted octanol–water partition coefficient (Wildman–Crippen LogP) is 3.62. The standard InChI is InChI=1S/C19H18O5/c1-2-13-5-7-16-14(11-19(21)24-17(16)10-13)12-23-18(20)8-6-15-4-3-9-22-15/h3-5,7,9-11H,2,6,8,12H2,1H3. The summed E-state index contributed by atoms with van der Waals surface area (Å²) in [6.07, 6.45) is 3.14. The van der Waals surface area contributed by atoms with Crippen molar-refractivity contribution in [3.63, 3.8) is 0 Å². The van der Waals surface area contributed by atoms with Crippen LogP contribution in [0.1, 0.15) is 30.2 Å². The first kappa shape index (κ1) is 16.1. The van der Waals surface area contributed by atoms with E-state index in [1.807, 2.05) is 31.2 Å². The second-order valence-electron chi connectivity index (χ2n) is 5.51. The van der Waals surface area contributed by atoms with E-state index < -0.39 is 5.63 Å². The Morgan fingerprint density at radius 2 is 2.08 bits per heavy atom. The maximum Gasteiger partial charge on any atom is 0.336 e. The average molecular weight is 326 g/mol. The summed E-state index contributed by atoms with van der Waals surface area (Å²) < 4.78 is 15.7. The number of furan rings is 1. The molecule has 0 spiro atoms. The summed E-state index contributed by atoms with van der Waals surface area (Å²) in [5.74, 6) is 0.405. The smallest absolute Gasteiger partial charge is 0.336 e. The van der Waals surface area contributed by atoms with Gasteiger partial charge in [-0.15, -0.1) is 0 Å². The molecule has 0 amide bonds. The fraction of sp³-hybridized carbons (Fsp3) is 0.263. The van der Waals surface area contributed by atoms with Gasteiger partial charge in [-0.05, 0) is 30.2 Å². The molecule has 3 rings (SSSR count). The molecule has 0 aliphatic carbocycles. The van der Waals surface area contributed by atoms with Crippen molar-refractivity contribution in [1.82, 2.24) is 0 Å². The molecule has 0 aliphatic rings. The summed E-state index contributed by atoms with van der Waals surface area (Å²) in [6, 6.07) is 10.7. The Labute approximate surface area is 138 Å². The first-order valence-corrected chi connectivity index (χ1v) is 7.89. The lowest BCUT2D eigenvalue weighted by molar-refractivity contribution is -0.144. The second-order valence-corrected chi connectivity index (χ2v) is 5.51. The van der Waals surface area contributed by atoms with Crippen molar-refractivity contribution in [2.45, 2.75) is 32.8 Å². The minimum Gasteiger partial charge on any atom is -0.469 e. The third kappa shape index (κ3) is 3.74. The van der Waals surface area contributed by atoms with Gasteiger partial charge in [0.2, 0.25) is 0 Å². The van der Waals surface area contributed by atoms with Crippen LogP contribution in [0.4, 0.5) is 0 Å². The summed E-state index contributed by atoms with van der Waals surface area (Å²) in [5.41, 5.74) is 1.80. The Morgan fingerprint density at radius 3 is 2.83 bits per heavy atom. The van der Waals surface area contributed by atoms with Gasteiger partial charge in [-0.1, -0.05) is 19.1 Å². The number of carbonyl (C=O) groups excluding carboxylic acids is 1. The Balaban J connectivity index is 1.70. The highest BCUT2D eigenvalue weighted by Crippen LogP contribution is 2.20. The van der Waals surface area contributed by atoms with Gasteiger partial charge in [-0.2, -0.15) is 0 Å². The molecule has 2 heterocycles. The lowest BCUT2D eigenvalue weighted by Crippen LogP contribution is -2.08. The van der Waals surface area contributed by atoms with Crippen LogP contribution in [0, 0.1) is 0 Å². The molecule has 0 saturated carbocycles. The number of rotatable bonds is 6. The highest BCUT2D eigenvalue weighted by molar-refractivity contribution is 5.81. The zero-order valence-electron chi connectivity index (χ0n) is 13.4. The molecule has 1 aromatic carbocycles. The molecule has 3 aromatic rings. The molecule has 0 saturated heterocycles. The molecule has 0 bridgehead atoms. The van der Waals surface area contributed by atoms with E-state index in [4.69, 9.17) is 13.6 Å². The Kier molecular flexibility index (Phi) is 4.79. The average Bonchev–Trinajstić information content (AvgIpc) is 3.10. The van der Waals surface area contributed by atoms with Crippen molar-refractivity contribution in [1.29, 1.82) is 0 Å². The summed E-state index contributed by atoms with van der Waals surface area (Å²) in [5, 5.41) is 0.783. The van der Waals surface area contributed by atoms with E-state index in [1.165, 1.54) is 6.07 Å². The number of esters is 1. The molecule has 124 valence electrons. The van der Waals surface area contributed by atoms with Crippen LogP contribution in [0.5, 0.6) is 0 Å². The quantitative estimate of drug-likeness (QED) is 0.511. The Morgan fingerprint density at radius 1 is 1.21 bits per heavy atom. The third-order valence-corrected chi connectivity index (χ3v) is 3.85. The van der Waals surface area contributed by atoms with E-state index in [2.05, 4.69) is 0 Å². The zero-order chi connectivity index (χ0) is 16.9. The molecule has 0 unspecified atom stereocenters. The highest BCUT2D eigenvalue weighted by Gasteiger charge is 2.10. The van der Waals surface area contributed by atoms with Crippen LogP contribution in [-0.4, -0.2) is 5.97 Å². The summed E-state index contributed by atoms with van der Waals surface area (Å²) in [4.78, 5) is 23.6. The number of hydrogen-bond donors (Lipinski definition) is 0. The van der Waals surface area contributed by atoms with Crippen LogP contribution < -0.4 is 5.63 Å². The minimum absolute atomic E-state index is 0.0462. The molecule has 0 radical (unpaired) electrons. The maximum absolute atomic E-state index is 11.9. The van der Waals surface area contributed by atoms with Gasteiger partial charge in [0.05, 0.1) is 12.7 Å². The number of aryl methyl sites for hydroxylation is 2. The lowest BCUT2D eigenvalue weighted by Gasteiger charge is -2.08. The van der Waals surface area contributed by atoms with E-state index in [0.29, 0.717) is 17.6 Å². The topological polar surface area (TPSA) is 69.7 Å². The fourth-order valence-electron chi connectivity index (χ4n) is 2.52. The summed E-state index contributed by atoms with van der Waals surface area (Å²) in [6.45, 7) is 2.08. The largest absolute Gasteiger partial charge is 0.469 e. The third-order valence-electron chi connectivity index (χ3n) is 3.85. The first-order chi connectivity index (χ1) is 11.7. The summed E-state index contributed by atoms with van der Waals surface area (Å²) >= 11 is 0. The fourth-order valence-corrected chi connectivity index (χ4v) is 2.52. The van der Waals surface area contributed by atoms with Crippen molar-refractivity contribution in [3.05, 3.63) is 70.0 Å². The van der Waals surface area contributed by atoms with E-state index in [-0.39, 0.29) is 19.0 Å². The molecule has 0 N–H and O–H groups in total. The normalized spacial score (nSPS) is 10.9. The molecule has 0 fully saturated rings. The SMILES string of the molecule is CCc1ccc2c(COC(=O)CCc3ccco3)cc(=O)oc2c1. The first-order valence-electron chi connectivity index (χ1n) is 7.89. The van der Waals surface area contributed by atoms with E-state index >= 15 is 0 Å². The minimum atomic E-state index is -0.447. The number of carbonyl (C=O) groups is 1. The predicted molar refractivity (Wildman–Crippen MR) is 88.7 cm³/mol. The van der Waals surface area contributed by atoms with Gasteiger partial charge in [-0.3, -0.25) is 4.79 Å². The van der Waals surface area contributed by atoms with Gasteiger partial charge < -0.3 is 13.6 Å². The molecule has 0 atom stereocenters. The Bertz CT molecular complexity index is 890. The lowest BCUT2D eigenvalue weighted by atomic mass is 10.1. The van der Waals surface area contributed by atoms with E-state index in [0.717, 1.165) is 23.1 Å². The van der Waals surface area contributed by atoms with Gasteiger partial charge in [0.15, 0.2) is 0 Å². The van der Waals surface area contributed by atoms with Crippen LogP contribution in [0.25, 0.3) is 11.0 Å².